The molecule has 8 heteroatoms. The number of nitrogens with zero attached hydrogens (tertiary/aromatic N) is 5. The number of hydrogen-bond donors (Lipinski definition) is 1. The van der Waals surface area contributed by atoms with Crippen LogP contribution in [0.4, 0.5) is 11.6 Å². The number of hydrogen-bond acceptors (Lipinski definition) is 7. The van der Waals surface area contributed by atoms with Gasteiger partial charge in [0.1, 0.15) is 22.9 Å². The van der Waals surface area contributed by atoms with Gasteiger partial charge < -0.3 is 14.6 Å². The molecule has 0 atom stereocenters. The second kappa shape index (κ2) is 8.68. The van der Waals surface area contributed by atoms with Crippen molar-refractivity contribution in [1.29, 1.82) is 5.26 Å². The molecule has 1 saturated carbocycles. The Kier molecular flexibility index (Phi) is 5.56. The fourth-order valence-electron chi connectivity index (χ4n) is 4.59. The van der Waals surface area contributed by atoms with E-state index in [1.807, 2.05) is 30.5 Å². The monoisotopic (exact) mass is 442 g/mol. The van der Waals surface area contributed by atoms with E-state index in [1.54, 1.807) is 16.8 Å². The maximum Gasteiger partial charge on any atom is 0.270 e. The molecule has 4 aromatic rings. The van der Waals surface area contributed by atoms with Crippen LogP contribution in [-0.2, 0) is 6.42 Å². The predicted molar refractivity (Wildman–Crippen MR) is 128 cm³/mol. The van der Waals surface area contributed by atoms with Crippen molar-refractivity contribution in [2.75, 3.05) is 26.0 Å². The summed E-state index contributed by atoms with van der Waals surface area (Å²) in [7, 11) is 4.11. The molecule has 1 N–H and O–H groups in total. The molecule has 1 fully saturated rings. The Balaban J connectivity index is 1.49. The summed E-state index contributed by atoms with van der Waals surface area (Å²) in [6, 6.07) is 9.63. The molecule has 0 unspecified atom stereocenters. The quantitative estimate of drug-likeness (QED) is 0.473. The number of rotatable bonds is 6. The molecule has 0 spiro atoms. The Labute approximate surface area is 191 Å². The maximum absolute atomic E-state index is 13.0. The lowest BCUT2D eigenvalue weighted by molar-refractivity contribution is 0.413. The number of nitriles is 1. The summed E-state index contributed by atoms with van der Waals surface area (Å²) in [4.78, 5) is 24.2. The Morgan fingerprint density at radius 2 is 2.09 bits per heavy atom. The van der Waals surface area contributed by atoms with Crippen molar-refractivity contribution in [2.24, 2.45) is 0 Å². The lowest BCUT2D eigenvalue weighted by Gasteiger charge is -2.17. The molecule has 168 valence electrons. The number of furan rings is 1. The van der Waals surface area contributed by atoms with Crippen LogP contribution in [0, 0.1) is 11.3 Å². The lowest BCUT2D eigenvalue weighted by atomic mass is 10.1. The van der Waals surface area contributed by atoms with E-state index in [0.717, 1.165) is 55.3 Å². The van der Waals surface area contributed by atoms with E-state index in [1.165, 1.54) is 5.56 Å². The molecule has 3 heterocycles. The largest absolute Gasteiger partial charge is 0.464 e. The SMILES string of the molecule is CN(C)CCc1coc2cc(Nc3ncc4cc(C#N)c(=O)n(C5CCCC5)c4n3)ccc12. The minimum absolute atomic E-state index is 0.0658. The predicted octanol–water partition coefficient (Wildman–Crippen LogP) is 4.37. The van der Waals surface area contributed by atoms with Gasteiger partial charge in [0.2, 0.25) is 5.95 Å². The van der Waals surface area contributed by atoms with Gasteiger partial charge in [-0.05, 0) is 57.1 Å². The summed E-state index contributed by atoms with van der Waals surface area (Å²) < 4.78 is 7.48. The van der Waals surface area contributed by atoms with Gasteiger partial charge in [-0.1, -0.05) is 12.8 Å². The van der Waals surface area contributed by atoms with Crippen molar-refractivity contribution in [1.82, 2.24) is 19.4 Å². The number of likely N-dealkylation sites (N-methyl/N-ethyl adjacent to an activating group) is 1. The smallest absolute Gasteiger partial charge is 0.270 e. The lowest BCUT2D eigenvalue weighted by Crippen LogP contribution is -2.26. The van der Waals surface area contributed by atoms with Gasteiger partial charge in [0.25, 0.3) is 5.56 Å². The second-order valence-electron chi connectivity index (χ2n) is 8.91. The first kappa shape index (κ1) is 21.2. The van der Waals surface area contributed by atoms with Crippen LogP contribution in [0.1, 0.15) is 42.9 Å². The molecular formula is C25H26N6O2. The van der Waals surface area contributed by atoms with Gasteiger partial charge in [-0.25, -0.2) is 4.98 Å². The molecule has 5 rings (SSSR count). The van der Waals surface area contributed by atoms with Gasteiger partial charge in [0, 0.05) is 41.3 Å². The van der Waals surface area contributed by atoms with E-state index in [2.05, 4.69) is 34.3 Å². The first-order valence-electron chi connectivity index (χ1n) is 11.3. The van der Waals surface area contributed by atoms with E-state index in [9.17, 15) is 10.1 Å². The van der Waals surface area contributed by atoms with Crippen molar-refractivity contribution in [3.8, 4) is 6.07 Å². The van der Waals surface area contributed by atoms with Crippen molar-refractivity contribution < 1.29 is 4.42 Å². The Bertz CT molecular complexity index is 1420. The second-order valence-corrected chi connectivity index (χ2v) is 8.91. The number of fused-ring (bicyclic) bond motifs is 2. The summed E-state index contributed by atoms with van der Waals surface area (Å²) in [6.45, 7) is 0.954. The van der Waals surface area contributed by atoms with Crippen molar-refractivity contribution in [3.63, 3.8) is 0 Å². The molecule has 0 bridgehead atoms. The van der Waals surface area contributed by atoms with E-state index >= 15 is 0 Å². The fraction of sp³-hybridized carbons (Fsp3) is 0.360. The Morgan fingerprint density at radius 3 is 2.85 bits per heavy atom. The molecule has 33 heavy (non-hydrogen) atoms. The number of nitrogens with one attached hydrogen (secondary N) is 1. The Morgan fingerprint density at radius 1 is 1.27 bits per heavy atom. The topological polar surface area (TPSA) is 100.0 Å². The molecule has 3 aromatic heterocycles. The van der Waals surface area contributed by atoms with E-state index in [0.29, 0.717) is 17.0 Å². The summed E-state index contributed by atoms with van der Waals surface area (Å²) in [6.07, 6.45) is 8.39. The third-order valence-corrected chi connectivity index (χ3v) is 6.32. The van der Waals surface area contributed by atoms with Crippen LogP contribution >= 0.6 is 0 Å². The highest BCUT2D eigenvalue weighted by atomic mass is 16.3. The minimum Gasteiger partial charge on any atom is -0.464 e. The average Bonchev–Trinajstić information content (AvgIpc) is 3.47. The summed E-state index contributed by atoms with van der Waals surface area (Å²) in [5.41, 5.74) is 3.21. The van der Waals surface area contributed by atoms with Crippen LogP contribution < -0.4 is 10.9 Å². The van der Waals surface area contributed by atoms with Crippen LogP contribution in [0.15, 0.2) is 45.9 Å². The van der Waals surface area contributed by atoms with Crippen LogP contribution in [0.25, 0.3) is 22.0 Å². The van der Waals surface area contributed by atoms with Gasteiger partial charge in [0.05, 0.1) is 6.26 Å². The molecule has 1 aliphatic carbocycles. The summed E-state index contributed by atoms with van der Waals surface area (Å²) in [5.74, 6) is 0.400. The zero-order chi connectivity index (χ0) is 22.9. The maximum atomic E-state index is 13.0. The number of benzene rings is 1. The third kappa shape index (κ3) is 4.08. The molecular weight excluding hydrogens is 416 g/mol. The fourth-order valence-corrected chi connectivity index (χ4v) is 4.59. The zero-order valence-electron chi connectivity index (χ0n) is 18.8. The molecule has 0 amide bonds. The highest BCUT2D eigenvalue weighted by Crippen LogP contribution is 2.31. The van der Waals surface area contributed by atoms with E-state index in [-0.39, 0.29) is 17.2 Å². The van der Waals surface area contributed by atoms with Gasteiger partial charge in [-0.2, -0.15) is 10.2 Å². The number of aromatic nitrogens is 3. The molecule has 1 aliphatic rings. The average molecular weight is 443 g/mol. The molecule has 0 aliphatic heterocycles. The molecule has 0 radical (unpaired) electrons. The third-order valence-electron chi connectivity index (χ3n) is 6.32. The van der Waals surface area contributed by atoms with Gasteiger partial charge in [-0.15, -0.1) is 0 Å². The number of pyridine rings is 1. The zero-order valence-corrected chi connectivity index (χ0v) is 18.8. The minimum atomic E-state index is -0.274. The molecule has 8 nitrogen and oxygen atoms in total. The number of anilines is 2. The highest BCUT2D eigenvalue weighted by Gasteiger charge is 2.22. The van der Waals surface area contributed by atoms with E-state index < -0.39 is 0 Å². The van der Waals surface area contributed by atoms with Crippen molar-refractivity contribution in [3.05, 3.63) is 58.2 Å². The molecule has 1 aromatic carbocycles. The summed E-state index contributed by atoms with van der Waals surface area (Å²) in [5, 5.41) is 14.4. The van der Waals surface area contributed by atoms with Crippen molar-refractivity contribution >= 4 is 33.6 Å². The molecule has 0 saturated heterocycles. The van der Waals surface area contributed by atoms with Crippen LogP contribution in [-0.4, -0.2) is 40.1 Å². The first-order chi connectivity index (χ1) is 16.0. The van der Waals surface area contributed by atoms with Gasteiger partial charge in [-0.3, -0.25) is 9.36 Å². The van der Waals surface area contributed by atoms with Gasteiger partial charge in [0.15, 0.2) is 0 Å². The van der Waals surface area contributed by atoms with Gasteiger partial charge >= 0.3 is 0 Å². The normalized spacial score (nSPS) is 14.4. The van der Waals surface area contributed by atoms with Crippen molar-refractivity contribution in [2.45, 2.75) is 38.1 Å². The standard InChI is InChI=1S/C25H26N6O2/c1-30(2)10-9-16-15-33-22-12-19(7-8-21(16)22)28-25-27-14-18-11-17(13-26)24(32)31(23(18)29-25)20-5-3-4-6-20/h7-8,11-12,14-15,20H,3-6,9-10H2,1-2H3,(H,27,28,29). The summed E-state index contributed by atoms with van der Waals surface area (Å²) >= 11 is 0. The van der Waals surface area contributed by atoms with Crippen LogP contribution in [0.3, 0.4) is 0 Å². The Hall–Kier alpha value is -3.70. The first-order valence-corrected chi connectivity index (χ1v) is 11.3. The van der Waals surface area contributed by atoms with Crippen LogP contribution in [0.5, 0.6) is 0 Å². The van der Waals surface area contributed by atoms with E-state index in [4.69, 9.17) is 4.42 Å². The van der Waals surface area contributed by atoms with Crippen LogP contribution in [0.2, 0.25) is 0 Å². The highest BCUT2D eigenvalue weighted by molar-refractivity contribution is 5.85.